The molecule has 0 atom stereocenters. The van der Waals surface area contributed by atoms with Crippen LogP contribution in [-0.4, -0.2) is 49.9 Å². The number of hydrogen-bond donors (Lipinski definition) is 1. The van der Waals surface area contributed by atoms with Crippen molar-refractivity contribution in [2.24, 2.45) is 0 Å². The van der Waals surface area contributed by atoms with E-state index in [-0.39, 0.29) is 6.09 Å². The number of carbonyl (C=O) groups excluding carboxylic acids is 1. The van der Waals surface area contributed by atoms with Crippen molar-refractivity contribution in [2.75, 3.05) is 19.3 Å². The number of amides is 1. The molecule has 0 saturated heterocycles. The lowest BCUT2D eigenvalue weighted by molar-refractivity contribution is 0.0296. The molecule has 2 N–H and O–H groups in total. The van der Waals surface area contributed by atoms with Gasteiger partial charge in [0.2, 0.25) is 0 Å². The summed E-state index contributed by atoms with van der Waals surface area (Å²) in [6, 6.07) is 0. The highest BCUT2D eigenvalue weighted by atomic mass is 127. The van der Waals surface area contributed by atoms with Crippen molar-refractivity contribution in [3.63, 3.8) is 0 Å². The molecule has 8 nitrogen and oxygen atoms in total. The quantitative estimate of drug-likeness (QED) is 0.560. The molecule has 0 spiro atoms. The second kappa shape index (κ2) is 7.49. The van der Waals surface area contributed by atoms with Crippen LogP contribution < -0.4 is 5.73 Å². The molecule has 24 heavy (non-hydrogen) atoms. The van der Waals surface area contributed by atoms with Crippen LogP contribution in [0.5, 0.6) is 0 Å². The van der Waals surface area contributed by atoms with Gasteiger partial charge in [-0.1, -0.05) is 0 Å². The molecule has 0 unspecified atom stereocenters. The van der Waals surface area contributed by atoms with E-state index in [9.17, 15) is 4.79 Å². The van der Waals surface area contributed by atoms with Gasteiger partial charge in [0.1, 0.15) is 21.4 Å². The Balaban J connectivity index is 1.87. The van der Waals surface area contributed by atoms with E-state index in [0.717, 1.165) is 27.6 Å². The van der Waals surface area contributed by atoms with Crippen LogP contribution in [0.1, 0.15) is 33.6 Å². The minimum absolute atomic E-state index is 0.304. The summed E-state index contributed by atoms with van der Waals surface area (Å²) in [5.74, 6) is 0.445. The van der Waals surface area contributed by atoms with Gasteiger partial charge in [0, 0.05) is 20.1 Å². The lowest BCUT2D eigenvalue weighted by atomic mass is 10.2. The van der Waals surface area contributed by atoms with Gasteiger partial charge in [-0.05, 0) is 56.2 Å². The van der Waals surface area contributed by atoms with Crippen LogP contribution in [0.3, 0.4) is 0 Å². The maximum absolute atomic E-state index is 11.9. The Hall–Kier alpha value is -1.65. The first kappa shape index (κ1) is 18.7. The van der Waals surface area contributed by atoms with E-state index >= 15 is 0 Å². The zero-order valence-electron chi connectivity index (χ0n) is 14.4. The summed E-state index contributed by atoms with van der Waals surface area (Å²) in [6.07, 6.45) is 2.85. The predicted octanol–water partition coefficient (Wildman–Crippen LogP) is 2.66. The Morgan fingerprint density at radius 2 is 2.08 bits per heavy atom. The Labute approximate surface area is 154 Å². The van der Waals surface area contributed by atoms with E-state index in [0.29, 0.717) is 18.9 Å². The number of ether oxygens (including phenoxy) is 1. The zero-order chi connectivity index (χ0) is 17.9. The van der Waals surface area contributed by atoms with E-state index < -0.39 is 5.60 Å². The molecule has 0 aliphatic heterocycles. The zero-order valence-corrected chi connectivity index (χ0v) is 16.6. The highest BCUT2D eigenvalue weighted by molar-refractivity contribution is 14.1. The van der Waals surface area contributed by atoms with E-state index in [1.807, 2.05) is 25.5 Å². The lowest BCUT2D eigenvalue weighted by Crippen LogP contribution is -2.34. The number of fused-ring (bicyclic) bond motifs is 1. The van der Waals surface area contributed by atoms with E-state index in [1.165, 1.54) is 6.33 Å². The van der Waals surface area contributed by atoms with Crippen LogP contribution in [-0.2, 0) is 11.3 Å². The van der Waals surface area contributed by atoms with Crippen LogP contribution in [0.15, 0.2) is 6.33 Å². The van der Waals surface area contributed by atoms with Gasteiger partial charge in [-0.15, -0.1) is 0 Å². The molecule has 0 aromatic carbocycles. The van der Waals surface area contributed by atoms with Gasteiger partial charge in [0.05, 0.1) is 5.39 Å². The summed E-state index contributed by atoms with van der Waals surface area (Å²) in [5.41, 5.74) is 6.15. The Morgan fingerprint density at radius 3 is 2.75 bits per heavy atom. The first-order valence-corrected chi connectivity index (χ1v) is 8.83. The van der Waals surface area contributed by atoms with Crippen LogP contribution in [0.4, 0.5) is 10.6 Å². The van der Waals surface area contributed by atoms with Crippen molar-refractivity contribution in [1.82, 2.24) is 24.6 Å². The van der Waals surface area contributed by atoms with Crippen molar-refractivity contribution >= 4 is 45.5 Å². The molecular formula is C15H23IN6O2. The van der Waals surface area contributed by atoms with E-state index in [2.05, 4.69) is 37.7 Å². The number of aryl methyl sites for hydroxylation is 1. The number of nitrogens with zero attached hydrogens (tertiary/aromatic N) is 5. The molecule has 0 aliphatic carbocycles. The smallest absolute Gasteiger partial charge is 0.410 e. The number of unbranched alkanes of at least 4 members (excludes halogenated alkanes) is 1. The Bertz CT molecular complexity index is 725. The fourth-order valence-corrected chi connectivity index (χ4v) is 2.96. The summed E-state index contributed by atoms with van der Waals surface area (Å²) in [4.78, 5) is 21.8. The number of aromatic nitrogens is 4. The molecule has 2 rings (SSSR count). The molecule has 0 radical (unpaired) electrons. The van der Waals surface area contributed by atoms with Gasteiger partial charge >= 0.3 is 6.09 Å². The number of nitrogens with two attached hydrogens (primary N) is 1. The standard InChI is InChI=1S/C15H23IN6O2/c1-15(2,3)24-14(23)21(4)7-5-6-8-22-13-10(11(16)20-22)12(17)18-9-19-13/h9H,5-8H2,1-4H3,(H2,17,18,19). The molecule has 9 heteroatoms. The fourth-order valence-electron chi connectivity index (χ4n) is 2.18. The van der Waals surface area contributed by atoms with Crippen molar-refractivity contribution in [3.8, 4) is 0 Å². The third-order valence-corrected chi connectivity index (χ3v) is 4.09. The third-order valence-electron chi connectivity index (χ3n) is 3.33. The van der Waals surface area contributed by atoms with Crippen molar-refractivity contribution in [1.29, 1.82) is 0 Å². The van der Waals surface area contributed by atoms with Crippen molar-refractivity contribution in [3.05, 3.63) is 10.0 Å². The van der Waals surface area contributed by atoms with Crippen molar-refractivity contribution < 1.29 is 9.53 Å². The number of anilines is 1. The van der Waals surface area contributed by atoms with Crippen LogP contribution in [0.25, 0.3) is 11.0 Å². The summed E-state index contributed by atoms with van der Waals surface area (Å²) in [5, 5.41) is 5.26. The van der Waals surface area contributed by atoms with Gasteiger partial charge in [0.15, 0.2) is 5.65 Å². The second-order valence-corrected chi connectivity index (χ2v) is 7.60. The normalized spacial score (nSPS) is 11.7. The maximum atomic E-state index is 11.9. The SMILES string of the molecule is CN(CCCCn1nc(I)c2c(N)ncnc21)C(=O)OC(C)(C)C. The molecule has 0 fully saturated rings. The minimum Gasteiger partial charge on any atom is -0.444 e. The average molecular weight is 446 g/mol. The number of nitrogen functional groups attached to an aromatic ring is 1. The molecule has 2 heterocycles. The lowest BCUT2D eigenvalue weighted by Gasteiger charge is -2.24. The monoisotopic (exact) mass is 446 g/mol. The number of carbonyl (C=O) groups is 1. The summed E-state index contributed by atoms with van der Waals surface area (Å²) < 4.78 is 7.96. The fraction of sp³-hybridized carbons (Fsp3) is 0.600. The molecule has 132 valence electrons. The third kappa shape index (κ3) is 4.68. The first-order chi connectivity index (χ1) is 11.2. The van der Waals surface area contributed by atoms with Gasteiger partial charge in [-0.3, -0.25) is 0 Å². The van der Waals surface area contributed by atoms with Crippen LogP contribution >= 0.6 is 22.6 Å². The number of hydrogen-bond acceptors (Lipinski definition) is 6. The topological polar surface area (TPSA) is 99.2 Å². The Morgan fingerprint density at radius 1 is 1.38 bits per heavy atom. The highest BCUT2D eigenvalue weighted by Crippen LogP contribution is 2.22. The van der Waals surface area contributed by atoms with Gasteiger partial charge in [0.25, 0.3) is 0 Å². The summed E-state index contributed by atoms with van der Waals surface area (Å²) in [7, 11) is 1.74. The highest BCUT2D eigenvalue weighted by Gasteiger charge is 2.19. The molecule has 2 aromatic heterocycles. The molecule has 0 saturated carbocycles. The second-order valence-electron chi connectivity index (χ2n) is 6.58. The number of halogens is 1. The molecule has 1 amide bonds. The van der Waals surface area contributed by atoms with E-state index in [4.69, 9.17) is 10.5 Å². The largest absolute Gasteiger partial charge is 0.444 e. The van der Waals surface area contributed by atoms with Crippen LogP contribution in [0, 0.1) is 3.70 Å². The molecule has 0 aliphatic rings. The van der Waals surface area contributed by atoms with Gasteiger partial charge < -0.3 is 15.4 Å². The molecular weight excluding hydrogens is 423 g/mol. The maximum Gasteiger partial charge on any atom is 0.410 e. The van der Waals surface area contributed by atoms with Gasteiger partial charge in [-0.2, -0.15) is 5.10 Å². The molecule has 0 bridgehead atoms. The average Bonchev–Trinajstić information content (AvgIpc) is 2.79. The predicted molar refractivity (Wildman–Crippen MR) is 101 cm³/mol. The van der Waals surface area contributed by atoms with Crippen LogP contribution in [0.2, 0.25) is 0 Å². The van der Waals surface area contributed by atoms with E-state index in [1.54, 1.807) is 11.9 Å². The summed E-state index contributed by atoms with van der Waals surface area (Å²) >= 11 is 2.14. The minimum atomic E-state index is -0.477. The first-order valence-electron chi connectivity index (χ1n) is 7.75. The Kier molecular flexibility index (Phi) is 5.83. The summed E-state index contributed by atoms with van der Waals surface area (Å²) in [6.45, 7) is 6.91. The number of rotatable bonds is 5. The van der Waals surface area contributed by atoms with Crippen molar-refractivity contribution in [2.45, 2.75) is 45.8 Å². The molecule has 2 aromatic rings. The van der Waals surface area contributed by atoms with Gasteiger partial charge in [-0.25, -0.2) is 19.4 Å².